The van der Waals surface area contributed by atoms with Crippen molar-refractivity contribution in [3.63, 3.8) is 0 Å². The summed E-state index contributed by atoms with van der Waals surface area (Å²) in [5.74, 6) is -0.0819. The van der Waals surface area contributed by atoms with E-state index in [4.69, 9.17) is 39.5 Å². The molecule has 2 fully saturated rings. The molecule has 22 heteroatoms. The number of nitrogens with zero attached hydrogens (tertiary/aromatic N) is 8. The van der Waals surface area contributed by atoms with Crippen LogP contribution in [0.15, 0.2) is 55.6 Å². The molecule has 6 heterocycles. The molecule has 2 aliphatic heterocycles. The van der Waals surface area contributed by atoms with Crippen LogP contribution in [-0.4, -0.2) is 97.8 Å². The second-order valence-corrected chi connectivity index (χ2v) is 16.8. The first-order chi connectivity index (χ1) is 25.9. The van der Waals surface area contributed by atoms with Crippen molar-refractivity contribution in [3.05, 3.63) is 61.2 Å². The molecule has 0 bridgehead atoms. The standard InChI is InChI=1S/C32H42N11O9PS/c1-4-47-21-10-25(42-17-39-27-29(33)35-15-37-31(27)42)51-24(21)13-49-53(44,41-54(45,46)14-20-8-6-5-7-9-20)52-22-11-26(50-23(22)12-48-19(2)3)43-18-40-28-30(34)36-16-38-32(28)43/h5-9,15-19,21-26H,4,10-14H2,1-3H3,(H,41,44)(H2,33,35,37)(H2,34,36,38)/t21-,22-,23?,24?,25-,26-,53?/m1/s1. The van der Waals surface area contributed by atoms with E-state index in [1.807, 2.05) is 20.8 Å². The quantitative estimate of drug-likeness (QED) is 0.121. The number of imidazole rings is 2. The predicted molar refractivity (Wildman–Crippen MR) is 194 cm³/mol. The number of benzene rings is 1. The van der Waals surface area contributed by atoms with E-state index in [0.29, 0.717) is 40.9 Å². The lowest BCUT2D eigenvalue weighted by Crippen LogP contribution is -2.35. The molecule has 5 N–H and O–H groups in total. The Morgan fingerprint density at radius 3 is 2.02 bits per heavy atom. The highest BCUT2D eigenvalue weighted by atomic mass is 32.2. The van der Waals surface area contributed by atoms with Crippen LogP contribution in [0.5, 0.6) is 0 Å². The number of hydrogen-bond donors (Lipinski definition) is 3. The second-order valence-electron chi connectivity index (χ2n) is 13.0. The lowest BCUT2D eigenvalue weighted by atomic mass is 10.2. The van der Waals surface area contributed by atoms with Crippen molar-refractivity contribution < 1.29 is 41.0 Å². The van der Waals surface area contributed by atoms with Gasteiger partial charge in [0.25, 0.3) is 0 Å². The van der Waals surface area contributed by atoms with E-state index < -0.39 is 60.4 Å². The van der Waals surface area contributed by atoms with E-state index in [-0.39, 0.29) is 37.4 Å². The Balaban J connectivity index is 1.15. The maximum Gasteiger partial charge on any atom is 0.419 e. The number of nitrogen functional groups attached to an aromatic ring is 2. The molecule has 54 heavy (non-hydrogen) atoms. The molecule has 0 amide bonds. The smallest absolute Gasteiger partial charge is 0.382 e. The Kier molecular flexibility index (Phi) is 11.2. The van der Waals surface area contributed by atoms with Gasteiger partial charge in [-0.15, -0.1) is 4.49 Å². The van der Waals surface area contributed by atoms with Crippen molar-refractivity contribution in [2.45, 2.75) is 82.3 Å². The van der Waals surface area contributed by atoms with Crippen molar-refractivity contribution in [2.75, 3.05) is 31.3 Å². The summed E-state index contributed by atoms with van der Waals surface area (Å²) in [5, 5.41) is 0. The molecular formula is C32H42N11O9PS. The first-order valence-corrected chi connectivity index (χ1v) is 20.5. The van der Waals surface area contributed by atoms with Crippen molar-refractivity contribution in [3.8, 4) is 0 Å². The summed E-state index contributed by atoms with van der Waals surface area (Å²) in [4.78, 5) is 25.3. The molecule has 0 spiro atoms. The van der Waals surface area contributed by atoms with Gasteiger partial charge >= 0.3 is 7.75 Å². The number of sulfonamides is 1. The molecule has 0 aliphatic carbocycles. The normalized spacial score (nSPS) is 24.5. The number of aromatic nitrogens is 8. The van der Waals surface area contributed by atoms with E-state index in [1.54, 1.807) is 39.5 Å². The number of anilines is 2. The molecule has 7 rings (SSSR count). The first-order valence-electron chi connectivity index (χ1n) is 17.3. The highest BCUT2D eigenvalue weighted by Crippen LogP contribution is 2.51. The van der Waals surface area contributed by atoms with Gasteiger partial charge in [0.05, 0.1) is 43.8 Å². The molecule has 0 saturated carbocycles. The number of ether oxygens (including phenoxy) is 4. The summed E-state index contributed by atoms with van der Waals surface area (Å²) in [5.41, 5.74) is 14.1. The summed E-state index contributed by atoms with van der Waals surface area (Å²) in [6.45, 7) is 5.54. The number of fused-ring (bicyclic) bond motifs is 2. The van der Waals surface area contributed by atoms with Gasteiger partial charge in [0.15, 0.2) is 22.9 Å². The minimum Gasteiger partial charge on any atom is -0.382 e. The Morgan fingerprint density at radius 2 is 1.44 bits per heavy atom. The lowest BCUT2D eigenvalue weighted by molar-refractivity contribution is -0.0742. The Hall–Kier alpha value is -4.18. The van der Waals surface area contributed by atoms with Gasteiger partial charge in [-0.1, -0.05) is 30.3 Å². The van der Waals surface area contributed by atoms with Crippen molar-refractivity contribution in [2.24, 2.45) is 0 Å². The van der Waals surface area contributed by atoms with Gasteiger partial charge in [-0.05, 0) is 26.3 Å². The monoisotopic (exact) mass is 787 g/mol. The van der Waals surface area contributed by atoms with Crippen LogP contribution in [0.4, 0.5) is 11.6 Å². The minimum atomic E-state index is -4.73. The molecule has 4 aromatic heterocycles. The molecule has 2 saturated heterocycles. The SMILES string of the molecule is CCO[C@@H]1C[C@H](n2cnc3c(N)ncnc32)OC1COP(=O)(NS(=O)(=O)Cc1ccccc1)O[C@@H]1C[C@H](n2cnc3c(N)ncnc32)OC1COC(C)C. The van der Waals surface area contributed by atoms with Gasteiger partial charge in [-0.25, -0.2) is 42.9 Å². The summed E-state index contributed by atoms with van der Waals surface area (Å²) in [6.07, 6.45) is 1.46. The van der Waals surface area contributed by atoms with Crippen molar-refractivity contribution in [1.82, 2.24) is 43.5 Å². The summed E-state index contributed by atoms with van der Waals surface area (Å²) >= 11 is 0. The van der Waals surface area contributed by atoms with Crippen LogP contribution in [0.2, 0.25) is 0 Å². The zero-order valence-corrected chi connectivity index (χ0v) is 31.5. The van der Waals surface area contributed by atoms with Gasteiger partial charge in [-0.2, -0.15) is 0 Å². The largest absolute Gasteiger partial charge is 0.419 e. The van der Waals surface area contributed by atoms with E-state index in [2.05, 4.69) is 34.4 Å². The van der Waals surface area contributed by atoms with Crippen LogP contribution < -0.4 is 16.0 Å². The highest BCUT2D eigenvalue weighted by Gasteiger charge is 2.46. The molecular weight excluding hydrogens is 745 g/mol. The third kappa shape index (κ3) is 8.38. The van der Waals surface area contributed by atoms with E-state index in [9.17, 15) is 13.0 Å². The highest BCUT2D eigenvalue weighted by molar-refractivity contribution is 7.94. The maximum absolute atomic E-state index is 14.8. The fraction of sp³-hybridized carbons (Fsp3) is 0.500. The molecule has 2 aliphatic rings. The van der Waals surface area contributed by atoms with Crippen LogP contribution in [-0.2, 0) is 48.3 Å². The van der Waals surface area contributed by atoms with E-state index in [1.165, 1.54) is 25.3 Å². The Bertz CT molecular complexity index is 2230. The molecule has 1 aromatic carbocycles. The number of hydrogen-bond acceptors (Lipinski definition) is 17. The van der Waals surface area contributed by atoms with Gasteiger partial charge in [-0.3, -0.25) is 18.2 Å². The first kappa shape index (κ1) is 38.1. The van der Waals surface area contributed by atoms with Gasteiger partial charge in [0.2, 0.25) is 10.0 Å². The van der Waals surface area contributed by atoms with Gasteiger partial charge < -0.3 is 30.4 Å². The van der Waals surface area contributed by atoms with E-state index >= 15 is 0 Å². The average Bonchev–Trinajstić information content (AvgIpc) is 3.92. The third-order valence-corrected chi connectivity index (χ3v) is 12.6. The number of nitrogens with two attached hydrogens (primary N) is 2. The fourth-order valence-corrected chi connectivity index (χ4v) is 10.0. The number of rotatable bonds is 16. The van der Waals surface area contributed by atoms with E-state index in [0.717, 1.165) is 0 Å². The third-order valence-electron chi connectivity index (χ3n) is 8.86. The van der Waals surface area contributed by atoms with Crippen LogP contribution in [0, 0.1) is 0 Å². The van der Waals surface area contributed by atoms with Crippen LogP contribution in [0.3, 0.4) is 0 Å². The molecule has 7 atom stereocenters. The fourth-order valence-electron chi connectivity index (χ4n) is 6.42. The van der Waals surface area contributed by atoms with Crippen LogP contribution >= 0.6 is 7.75 Å². The summed E-state index contributed by atoms with van der Waals surface area (Å²) in [6, 6.07) is 8.46. The number of nitrogens with one attached hydrogen (secondary N) is 1. The zero-order chi connectivity index (χ0) is 38.0. The molecule has 3 unspecified atom stereocenters. The molecule has 0 radical (unpaired) electrons. The van der Waals surface area contributed by atoms with Crippen LogP contribution in [0.25, 0.3) is 22.3 Å². The minimum absolute atomic E-state index is 0.0338. The maximum atomic E-state index is 14.8. The van der Waals surface area contributed by atoms with Crippen LogP contribution in [0.1, 0.15) is 51.6 Å². The molecule has 20 nitrogen and oxygen atoms in total. The predicted octanol–water partition coefficient (Wildman–Crippen LogP) is 2.87. The zero-order valence-electron chi connectivity index (χ0n) is 29.7. The summed E-state index contributed by atoms with van der Waals surface area (Å²) < 4.78 is 84.5. The van der Waals surface area contributed by atoms with Gasteiger partial charge in [0, 0.05) is 19.4 Å². The molecule has 290 valence electrons. The lowest BCUT2D eigenvalue weighted by Gasteiger charge is -2.27. The molecule has 5 aromatic rings. The van der Waals surface area contributed by atoms with Gasteiger partial charge in [0.1, 0.15) is 54.5 Å². The topological polar surface area (TPSA) is 258 Å². The Labute approximate surface area is 310 Å². The average molecular weight is 788 g/mol. The van der Waals surface area contributed by atoms with Crippen molar-refractivity contribution in [1.29, 1.82) is 0 Å². The Morgan fingerprint density at radius 1 is 0.870 bits per heavy atom. The second kappa shape index (κ2) is 15.9. The van der Waals surface area contributed by atoms with Crippen molar-refractivity contribution >= 4 is 51.7 Å². The summed E-state index contributed by atoms with van der Waals surface area (Å²) in [7, 11) is -9.03.